The Kier molecular flexibility index (Phi) is 3.44. The van der Waals surface area contributed by atoms with Gasteiger partial charge in [-0.1, -0.05) is 30.0 Å². The highest BCUT2D eigenvalue weighted by Crippen LogP contribution is 2.25. The molecule has 0 fully saturated rings. The van der Waals surface area contributed by atoms with Crippen LogP contribution in [0.4, 0.5) is 8.78 Å². The Labute approximate surface area is 119 Å². The van der Waals surface area contributed by atoms with E-state index in [1.807, 2.05) is 25.1 Å². The third-order valence-electron chi connectivity index (χ3n) is 3.01. The summed E-state index contributed by atoms with van der Waals surface area (Å²) in [5.41, 5.74) is 3.31. The maximum Gasteiger partial charge on any atom is 0.166 e. The summed E-state index contributed by atoms with van der Waals surface area (Å²) < 4.78 is 26.7. The van der Waals surface area contributed by atoms with E-state index >= 15 is 0 Å². The molecule has 0 aliphatic rings. The van der Waals surface area contributed by atoms with E-state index in [2.05, 4.69) is 9.97 Å². The van der Waals surface area contributed by atoms with Crippen LogP contribution in [0.15, 0.2) is 41.6 Å². The first-order valence-corrected chi connectivity index (χ1v) is 7.14. The number of aromatic nitrogens is 2. The van der Waals surface area contributed by atoms with Crippen LogP contribution >= 0.6 is 11.8 Å². The van der Waals surface area contributed by atoms with Crippen LogP contribution in [-0.4, -0.2) is 9.97 Å². The van der Waals surface area contributed by atoms with Gasteiger partial charge < -0.3 is 4.98 Å². The number of rotatable bonds is 3. The fraction of sp³-hybridized carbons (Fsp3) is 0.133. The normalized spacial score (nSPS) is 11.2. The van der Waals surface area contributed by atoms with Crippen LogP contribution in [-0.2, 0) is 5.75 Å². The minimum Gasteiger partial charge on any atom is -0.333 e. The second-order valence-electron chi connectivity index (χ2n) is 4.56. The summed E-state index contributed by atoms with van der Waals surface area (Å²) in [4.78, 5) is 7.59. The van der Waals surface area contributed by atoms with Gasteiger partial charge in [-0.25, -0.2) is 13.8 Å². The van der Waals surface area contributed by atoms with Gasteiger partial charge in [0.1, 0.15) is 0 Å². The quantitative estimate of drug-likeness (QED) is 0.722. The van der Waals surface area contributed by atoms with Crippen LogP contribution in [0.5, 0.6) is 0 Å². The van der Waals surface area contributed by atoms with Gasteiger partial charge >= 0.3 is 0 Å². The smallest absolute Gasteiger partial charge is 0.166 e. The van der Waals surface area contributed by atoms with Crippen molar-refractivity contribution in [3.05, 3.63) is 59.2 Å². The van der Waals surface area contributed by atoms with Crippen molar-refractivity contribution in [3.8, 4) is 0 Å². The van der Waals surface area contributed by atoms with E-state index in [4.69, 9.17) is 0 Å². The van der Waals surface area contributed by atoms with Gasteiger partial charge in [0.2, 0.25) is 0 Å². The van der Waals surface area contributed by atoms with Crippen molar-refractivity contribution in [3.63, 3.8) is 0 Å². The predicted octanol–water partition coefficient (Wildman–Crippen LogP) is 4.44. The van der Waals surface area contributed by atoms with Crippen LogP contribution < -0.4 is 0 Å². The molecule has 102 valence electrons. The van der Waals surface area contributed by atoms with E-state index in [0.717, 1.165) is 22.7 Å². The molecule has 0 radical (unpaired) electrons. The molecule has 1 N–H and O–H groups in total. The van der Waals surface area contributed by atoms with Gasteiger partial charge in [0.05, 0.1) is 11.0 Å². The Morgan fingerprint density at radius 2 is 2.05 bits per heavy atom. The Hall–Kier alpha value is -1.88. The van der Waals surface area contributed by atoms with Crippen LogP contribution in [0.25, 0.3) is 11.0 Å². The lowest BCUT2D eigenvalue weighted by Gasteiger charge is -2.01. The number of aryl methyl sites for hydroxylation is 1. The molecule has 0 unspecified atom stereocenters. The topological polar surface area (TPSA) is 28.7 Å². The van der Waals surface area contributed by atoms with Gasteiger partial charge in [-0.2, -0.15) is 0 Å². The summed E-state index contributed by atoms with van der Waals surface area (Å²) in [5.74, 6) is -1.27. The molecule has 3 aromatic rings. The summed E-state index contributed by atoms with van der Waals surface area (Å²) in [6, 6.07) is 10.1. The number of nitrogens with zero attached hydrogens (tertiary/aromatic N) is 1. The van der Waals surface area contributed by atoms with E-state index in [-0.39, 0.29) is 0 Å². The Bertz CT molecular complexity index is 768. The van der Waals surface area contributed by atoms with Gasteiger partial charge in [0.15, 0.2) is 16.8 Å². The number of H-pyrrole nitrogens is 1. The largest absolute Gasteiger partial charge is 0.333 e. The number of halogens is 2. The van der Waals surface area contributed by atoms with Gasteiger partial charge in [0, 0.05) is 11.3 Å². The minimum absolute atomic E-state index is 0.336. The first-order valence-electron chi connectivity index (χ1n) is 6.15. The summed E-state index contributed by atoms with van der Waals surface area (Å²) in [6.45, 7) is 2.01. The average molecular weight is 290 g/mol. The van der Waals surface area contributed by atoms with Crippen molar-refractivity contribution >= 4 is 22.8 Å². The first kappa shape index (κ1) is 13.1. The number of thioether (sulfide) groups is 1. The molecule has 20 heavy (non-hydrogen) atoms. The molecule has 0 aliphatic carbocycles. The molecule has 3 rings (SSSR count). The average Bonchev–Trinajstić information content (AvgIpc) is 2.82. The third kappa shape index (κ3) is 2.54. The lowest BCUT2D eigenvalue weighted by molar-refractivity contribution is 0.502. The van der Waals surface area contributed by atoms with E-state index in [1.54, 1.807) is 6.07 Å². The zero-order valence-electron chi connectivity index (χ0n) is 10.8. The Morgan fingerprint density at radius 1 is 1.20 bits per heavy atom. The van der Waals surface area contributed by atoms with Crippen molar-refractivity contribution in [1.82, 2.24) is 9.97 Å². The highest BCUT2D eigenvalue weighted by molar-refractivity contribution is 7.98. The fourth-order valence-electron chi connectivity index (χ4n) is 1.97. The molecular formula is C15H12F2N2S. The van der Waals surface area contributed by atoms with E-state index in [0.29, 0.717) is 16.5 Å². The maximum atomic E-state index is 13.5. The molecule has 2 nitrogen and oxygen atoms in total. The highest BCUT2D eigenvalue weighted by atomic mass is 32.2. The number of benzene rings is 2. The Balaban J connectivity index is 1.81. The third-order valence-corrected chi connectivity index (χ3v) is 3.93. The lowest BCUT2D eigenvalue weighted by Crippen LogP contribution is -1.91. The highest BCUT2D eigenvalue weighted by Gasteiger charge is 2.09. The van der Waals surface area contributed by atoms with Crippen LogP contribution in [0, 0.1) is 18.6 Å². The minimum atomic E-state index is -0.816. The van der Waals surface area contributed by atoms with Gasteiger partial charge in [-0.05, 0) is 30.7 Å². The van der Waals surface area contributed by atoms with E-state index < -0.39 is 11.6 Å². The Morgan fingerprint density at radius 3 is 2.90 bits per heavy atom. The molecule has 0 atom stereocenters. The second kappa shape index (κ2) is 5.25. The van der Waals surface area contributed by atoms with Gasteiger partial charge in [-0.3, -0.25) is 0 Å². The molecule has 0 aliphatic heterocycles. The van der Waals surface area contributed by atoms with E-state index in [1.165, 1.54) is 17.8 Å². The number of nitrogens with one attached hydrogen (secondary N) is 1. The van der Waals surface area contributed by atoms with Crippen molar-refractivity contribution in [2.45, 2.75) is 17.8 Å². The van der Waals surface area contributed by atoms with Crippen LogP contribution in [0.1, 0.15) is 11.1 Å². The standard InChI is InChI=1S/C15H12F2N2S/c1-9-5-6-12-13(7-9)19-15(18-12)20-8-10-3-2-4-11(16)14(10)17/h2-7H,8H2,1H3,(H,18,19). The predicted molar refractivity (Wildman–Crippen MR) is 76.7 cm³/mol. The van der Waals surface area contributed by atoms with Crippen molar-refractivity contribution in [2.75, 3.05) is 0 Å². The number of hydrogen-bond donors (Lipinski definition) is 1. The van der Waals surface area contributed by atoms with Crippen molar-refractivity contribution in [1.29, 1.82) is 0 Å². The maximum absolute atomic E-state index is 13.5. The zero-order valence-corrected chi connectivity index (χ0v) is 11.6. The van der Waals surface area contributed by atoms with Crippen molar-refractivity contribution < 1.29 is 8.78 Å². The molecule has 0 amide bonds. The fourth-order valence-corrected chi connectivity index (χ4v) is 2.83. The molecule has 0 bridgehead atoms. The molecule has 1 heterocycles. The number of imidazole rings is 1. The van der Waals surface area contributed by atoms with Crippen LogP contribution in [0.3, 0.4) is 0 Å². The SMILES string of the molecule is Cc1ccc2nc(SCc3cccc(F)c3F)[nH]c2c1. The van der Waals surface area contributed by atoms with Crippen molar-refractivity contribution in [2.24, 2.45) is 0 Å². The summed E-state index contributed by atoms with van der Waals surface area (Å²) in [7, 11) is 0. The van der Waals surface area contributed by atoms with Gasteiger partial charge in [0.25, 0.3) is 0 Å². The summed E-state index contributed by atoms with van der Waals surface area (Å²) in [5, 5.41) is 0.703. The lowest BCUT2D eigenvalue weighted by atomic mass is 10.2. The monoisotopic (exact) mass is 290 g/mol. The molecule has 0 saturated carbocycles. The van der Waals surface area contributed by atoms with Crippen LogP contribution in [0.2, 0.25) is 0 Å². The molecule has 1 aromatic heterocycles. The zero-order chi connectivity index (χ0) is 14.1. The molecule has 0 saturated heterocycles. The number of fused-ring (bicyclic) bond motifs is 1. The number of hydrogen-bond acceptors (Lipinski definition) is 2. The summed E-state index contributed by atoms with van der Waals surface area (Å²) in [6.07, 6.45) is 0. The molecule has 2 aromatic carbocycles. The van der Waals surface area contributed by atoms with E-state index in [9.17, 15) is 8.78 Å². The molecule has 0 spiro atoms. The first-order chi connectivity index (χ1) is 9.63. The van der Waals surface area contributed by atoms with Gasteiger partial charge in [-0.15, -0.1) is 0 Å². The number of aromatic amines is 1. The second-order valence-corrected chi connectivity index (χ2v) is 5.53. The molecule has 5 heteroatoms. The molecular weight excluding hydrogens is 278 g/mol. The summed E-state index contributed by atoms with van der Waals surface area (Å²) >= 11 is 1.35.